The Balaban J connectivity index is 1.32. The number of thiophene rings is 1. The van der Waals surface area contributed by atoms with E-state index in [1.807, 2.05) is 30.3 Å². The number of nitrogens with zero attached hydrogens (tertiary/aromatic N) is 2. The molecule has 0 saturated carbocycles. The van der Waals surface area contributed by atoms with Crippen LogP contribution in [-0.4, -0.2) is 38.3 Å². The van der Waals surface area contributed by atoms with E-state index in [0.717, 1.165) is 58.7 Å². The van der Waals surface area contributed by atoms with Gasteiger partial charge in [0.05, 0.1) is 9.77 Å². The number of amides is 1. The summed E-state index contributed by atoms with van der Waals surface area (Å²) in [5.41, 5.74) is 3.80. The number of carbonyl (C=O) groups excluding carboxylic acids is 1. The maximum absolute atomic E-state index is 13.6. The van der Waals surface area contributed by atoms with Crippen molar-refractivity contribution < 1.29 is 17.9 Å². The normalized spacial score (nSPS) is 17.8. The maximum atomic E-state index is 13.6. The molecule has 33 heavy (non-hydrogen) atoms. The summed E-state index contributed by atoms with van der Waals surface area (Å²) < 4.78 is 33.4. The molecule has 1 fully saturated rings. The summed E-state index contributed by atoms with van der Waals surface area (Å²) in [5, 5.41) is 0. The highest BCUT2D eigenvalue weighted by molar-refractivity contribution is 7.89. The fourth-order valence-electron chi connectivity index (χ4n) is 4.96. The third kappa shape index (κ3) is 3.48. The lowest BCUT2D eigenvalue weighted by atomic mass is 10.0. The first-order chi connectivity index (χ1) is 16.0. The number of hydrogen-bond donors (Lipinski definition) is 0. The number of fused-ring (bicyclic) bond motifs is 4. The van der Waals surface area contributed by atoms with Gasteiger partial charge in [0, 0.05) is 41.3 Å². The van der Waals surface area contributed by atoms with Gasteiger partial charge in [0.25, 0.3) is 5.91 Å². The van der Waals surface area contributed by atoms with E-state index in [1.165, 1.54) is 11.3 Å². The molecule has 0 aliphatic carbocycles. The van der Waals surface area contributed by atoms with Crippen molar-refractivity contribution in [3.05, 3.63) is 64.5 Å². The number of rotatable bonds is 3. The van der Waals surface area contributed by atoms with Gasteiger partial charge in [0.1, 0.15) is 12.4 Å². The second-order valence-electron chi connectivity index (χ2n) is 8.71. The zero-order chi connectivity index (χ0) is 22.6. The number of anilines is 1. The van der Waals surface area contributed by atoms with Crippen molar-refractivity contribution in [2.45, 2.75) is 37.2 Å². The van der Waals surface area contributed by atoms with Crippen LogP contribution in [-0.2, 0) is 23.1 Å². The average Bonchev–Trinajstić information content (AvgIpc) is 3.54. The first kappa shape index (κ1) is 20.9. The molecule has 8 heteroatoms. The summed E-state index contributed by atoms with van der Waals surface area (Å²) >= 11 is 1.50. The molecule has 1 aromatic heterocycles. The van der Waals surface area contributed by atoms with E-state index >= 15 is 0 Å². The van der Waals surface area contributed by atoms with Gasteiger partial charge in [-0.15, -0.1) is 11.3 Å². The maximum Gasteiger partial charge on any atom is 0.268 e. The number of carbonyl (C=O) groups is 1. The third-order valence-electron chi connectivity index (χ3n) is 6.65. The predicted molar refractivity (Wildman–Crippen MR) is 129 cm³/mol. The first-order valence-corrected chi connectivity index (χ1v) is 13.6. The molecular formula is C25H24N2O4S2. The smallest absolute Gasteiger partial charge is 0.268 e. The minimum Gasteiger partial charge on any atom is -0.488 e. The van der Waals surface area contributed by atoms with E-state index in [2.05, 4.69) is 0 Å². The van der Waals surface area contributed by atoms with Crippen molar-refractivity contribution in [1.82, 2.24) is 4.31 Å². The van der Waals surface area contributed by atoms with Crippen LogP contribution in [0.5, 0.6) is 5.75 Å². The molecule has 3 aliphatic heterocycles. The Hall–Kier alpha value is -2.68. The zero-order valence-corrected chi connectivity index (χ0v) is 19.8. The van der Waals surface area contributed by atoms with Crippen molar-refractivity contribution in [2.24, 2.45) is 0 Å². The minimum absolute atomic E-state index is 0.0389. The third-order valence-corrected chi connectivity index (χ3v) is 9.75. The van der Waals surface area contributed by atoms with Crippen LogP contribution in [0.1, 0.15) is 40.1 Å². The number of hydrogen-bond acceptors (Lipinski definition) is 5. The van der Waals surface area contributed by atoms with Crippen LogP contribution >= 0.6 is 11.3 Å². The molecule has 0 bridgehead atoms. The Morgan fingerprint density at radius 3 is 2.61 bits per heavy atom. The van der Waals surface area contributed by atoms with Crippen molar-refractivity contribution in [2.75, 3.05) is 24.5 Å². The standard InChI is InChI=1S/C25H24N2O4S2/c28-25(23-15-18-16-31-22-8-2-1-7-20(22)24(18)32-23)27-13-5-6-17-14-19(9-10-21(17)27)33(29,30)26-11-3-4-12-26/h1-2,7-10,14-15H,3-6,11-13,16H2. The van der Waals surface area contributed by atoms with Gasteiger partial charge in [-0.2, -0.15) is 4.31 Å². The van der Waals surface area contributed by atoms with Crippen LogP contribution < -0.4 is 9.64 Å². The van der Waals surface area contributed by atoms with Gasteiger partial charge in [0.15, 0.2) is 0 Å². The van der Waals surface area contributed by atoms with E-state index < -0.39 is 10.0 Å². The van der Waals surface area contributed by atoms with E-state index in [0.29, 0.717) is 36.0 Å². The van der Waals surface area contributed by atoms with Crippen LogP contribution in [0, 0.1) is 0 Å². The monoisotopic (exact) mass is 480 g/mol. The van der Waals surface area contributed by atoms with Gasteiger partial charge in [-0.25, -0.2) is 8.42 Å². The molecule has 6 nitrogen and oxygen atoms in total. The Kier molecular flexibility index (Phi) is 5.05. The summed E-state index contributed by atoms with van der Waals surface area (Å²) in [4.78, 5) is 17.5. The Bertz CT molecular complexity index is 1360. The SMILES string of the molecule is O=C(c1cc2c(s1)-c1ccccc1OC2)N1CCCc2cc(S(=O)(=O)N3CCCC3)ccc21. The Morgan fingerprint density at radius 1 is 0.939 bits per heavy atom. The number of benzene rings is 2. The lowest BCUT2D eigenvalue weighted by Crippen LogP contribution is -2.35. The van der Waals surface area contributed by atoms with Crippen molar-refractivity contribution in [3.8, 4) is 16.2 Å². The average molecular weight is 481 g/mol. The topological polar surface area (TPSA) is 66.9 Å². The largest absolute Gasteiger partial charge is 0.488 e. The molecule has 6 rings (SSSR count). The van der Waals surface area contributed by atoms with Gasteiger partial charge in [-0.3, -0.25) is 4.79 Å². The van der Waals surface area contributed by atoms with Crippen LogP contribution in [0.4, 0.5) is 5.69 Å². The molecule has 0 spiro atoms. The van der Waals surface area contributed by atoms with E-state index in [-0.39, 0.29) is 5.91 Å². The molecule has 3 aliphatic rings. The fraction of sp³-hybridized carbons (Fsp3) is 0.320. The summed E-state index contributed by atoms with van der Waals surface area (Å²) in [6.45, 7) is 2.25. The fourth-order valence-corrected chi connectivity index (χ4v) is 7.67. The van der Waals surface area contributed by atoms with Crippen molar-refractivity contribution in [1.29, 1.82) is 0 Å². The molecule has 3 aromatic rings. The Labute approximate surface area is 197 Å². The number of sulfonamides is 1. The van der Waals surface area contributed by atoms with Gasteiger partial charge >= 0.3 is 0 Å². The number of aryl methyl sites for hydroxylation is 1. The molecule has 1 saturated heterocycles. The number of ether oxygens (including phenoxy) is 1. The van der Waals surface area contributed by atoms with Crippen LogP contribution in [0.2, 0.25) is 0 Å². The molecule has 0 unspecified atom stereocenters. The summed E-state index contributed by atoms with van der Waals surface area (Å²) in [6, 6.07) is 15.1. The molecule has 0 radical (unpaired) electrons. The van der Waals surface area contributed by atoms with Gasteiger partial charge in [-0.1, -0.05) is 12.1 Å². The van der Waals surface area contributed by atoms with Crippen LogP contribution in [0.3, 0.4) is 0 Å². The number of para-hydroxylation sites is 1. The van der Waals surface area contributed by atoms with Crippen LogP contribution in [0.15, 0.2) is 53.4 Å². The molecule has 0 atom stereocenters. The second-order valence-corrected chi connectivity index (χ2v) is 11.7. The highest BCUT2D eigenvalue weighted by Crippen LogP contribution is 2.43. The van der Waals surface area contributed by atoms with E-state index in [9.17, 15) is 13.2 Å². The minimum atomic E-state index is -3.47. The van der Waals surface area contributed by atoms with E-state index in [4.69, 9.17) is 4.74 Å². The van der Waals surface area contributed by atoms with Gasteiger partial charge in [0.2, 0.25) is 10.0 Å². The lowest BCUT2D eigenvalue weighted by Gasteiger charge is -2.30. The summed E-state index contributed by atoms with van der Waals surface area (Å²) in [7, 11) is -3.47. The second kappa shape index (κ2) is 7.97. The Morgan fingerprint density at radius 2 is 1.76 bits per heavy atom. The molecule has 4 heterocycles. The van der Waals surface area contributed by atoms with Crippen LogP contribution in [0.25, 0.3) is 10.4 Å². The highest BCUT2D eigenvalue weighted by atomic mass is 32.2. The van der Waals surface area contributed by atoms with Gasteiger partial charge in [-0.05, 0) is 67.6 Å². The molecule has 1 amide bonds. The summed E-state index contributed by atoms with van der Waals surface area (Å²) in [5.74, 6) is 0.809. The first-order valence-electron chi connectivity index (χ1n) is 11.3. The predicted octanol–water partition coefficient (Wildman–Crippen LogP) is 4.69. The van der Waals surface area contributed by atoms with Crippen molar-refractivity contribution >= 4 is 33.0 Å². The van der Waals surface area contributed by atoms with E-state index in [1.54, 1.807) is 27.4 Å². The molecule has 170 valence electrons. The van der Waals surface area contributed by atoms with Gasteiger partial charge < -0.3 is 9.64 Å². The lowest BCUT2D eigenvalue weighted by molar-refractivity contribution is 0.0989. The molecular weight excluding hydrogens is 456 g/mol. The highest BCUT2D eigenvalue weighted by Gasteiger charge is 2.31. The quantitative estimate of drug-likeness (QED) is 0.546. The summed E-state index contributed by atoms with van der Waals surface area (Å²) in [6.07, 6.45) is 3.40. The molecule has 0 N–H and O–H groups in total. The zero-order valence-electron chi connectivity index (χ0n) is 18.1. The van der Waals surface area contributed by atoms with Crippen molar-refractivity contribution in [3.63, 3.8) is 0 Å². The molecule has 2 aromatic carbocycles.